The lowest BCUT2D eigenvalue weighted by Gasteiger charge is -2.35. The number of para-hydroxylation sites is 2. The lowest BCUT2D eigenvalue weighted by atomic mass is 9.93. The molecule has 3 aliphatic heterocycles. The molecule has 7 aromatic rings. The number of fused-ring (bicyclic) bond motifs is 9. The number of ether oxygens (including phenoxy) is 1. The lowest BCUT2D eigenvalue weighted by molar-refractivity contribution is 0.247. The van der Waals surface area contributed by atoms with Crippen molar-refractivity contribution in [2.45, 2.75) is 6.23 Å². The van der Waals surface area contributed by atoms with Gasteiger partial charge >= 0.3 is 0 Å². The largest absolute Gasteiger partial charge is 0.466 e. The summed E-state index contributed by atoms with van der Waals surface area (Å²) < 4.78 is 12.5. The van der Waals surface area contributed by atoms with Crippen molar-refractivity contribution in [3.05, 3.63) is 162 Å². The molecule has 0 amide bonds. The zero-order valence-electron chi connectivity index (χ0n) is 25.4. The van der Waals surface area contributed by atoms with Crippen LogP contribution in [0, 0.1) is 0 Å². The molecule has 0 saturated heterocycles. The first kappa shape index (κ1) is 26.1. The minimum Gasteiger partial charge on any atom is -0.466 e. The van der Waals surface area contributed by atoms with Gasteiger partial charge in [0.1, 0.15) is 17.2 Å². The van der Waals surface area contributed by atoms with E-state index < -0.39 is 0 Å². The highest BCUT2D eigenvalue weighted by atomic mass is 16.5. The van der Waals surface area contributed by atoms with Crippen molar-refractivity contribution < 1.29 is 9.15 Å². The highest BCUT2D eigenvalue weighted by Gasteiger charge is 2.33. The quantitative estimate of drug-likeness (QED) is 0.195. The Hall–Kier alpha value is -6.20. The molecule has 0 bridgehead atoms. The van der Waals surface area contributed by atoms with Crippen LogP contribution in [0.5, 0.6) is 5.75 Å². The topological polar surface area (TPSA) is 49.7 Å². The molecule has 3 aliphatic rings. The predicted molar refractivity (Wildman–Crippen MR) is 192 cm³/mol. The van der Waals surface area contributed by atoms with Crippen LogP contribution < -0.4 is 20.3 Å². The van der Waals surface area contributed by atoms with Crippen LogP contribution in [0.2, 0.25) is 0 Å². The first-order valence-corrected chi connectivity index (χ1v) is 16.0. The van der Waals surface area contributed by atoms with Gasteiger partial charge in [0.05, 0.1) is 6.54 Å². The first-order chi connectivity index (χ1) is 23.3. The van der Waals surface area contributed by atoms with Crippen LogP contribution >= 0.6 is 0 Å². The number of hydrogen-bond donors (Lipinski definition) is 2. The van der Waals surface area contributed by atoms with E-state index in [0.29, 0.717) is 6.54 Å². The number of allylic oxidation sites excluding steroid dienone is 2. The molecule has 10 rings (SSSR count). The van der Waals surface area contributed by atoms with Gasteiger partial charge in [-0.2, -0.15) is 0 Å². The van der Waals surface area contributed by atoms with Crippen molar-refractivity contribution >= 4 is 55.7 Å². The van der Waals surface area contributed by atoms with Crippen LogP contribution in [0.3, 0.4) is 0 Å². The Morgan fingerprint density at radius 1 is 0.660 bits per heavy atom. The Morgan fingerprint density at radius 3 is 2.30 bits per heavy atom. The van der Waals surface area contributed by atoms with Crippen molar-refractivity contribution in [3.63, 3.8) is 0 Å². The van der Waals surface area contributed by atoms with Crippen molar-refractivity contribution in [1.29, 1.82) is 0 Å². The number of nitrogens with zero attached hydrogens (tertiary/aromatic N) is 1. The Kier molecular flexibility index (Phi) is 5.63. The SMILES string of the molecule is C1=C2c3ccccc3OC2NC(N(C2=Cc3c(oc4ccccc34)NC2)c2ccc(-c3cc4ccccc4c4ccccc34)cc2)=C1. The van der Waals surface area contributed by atoms with Gasteiger partial charge in [-0.1, -0.05) is 97.1 Å². The van der Waals surface area contributed by atoms with E-state index in [4.69, 9.17) is 9.15 Å². The third kappa shape index (κ3) is 4.10. The maximum Gasteiger partial charge on any atom is 0.201 e. The monoisotopic (exact) mass is 607 g/mol. The number of dihydropyridines is 1. The molecule has 5 heteroatoms. The summed E-state index contributed by atoms with van der Waals surface area (Å²) in [5.41, 5.74) is 8.76. The fourth-order valence-corrected chi connectivity index (χ4v) is 7.33. The van der Waals surface area contributed by atoms with Gasteiger partial charge < -0.3 is 19.8 Å². The second kappa shape index (κ2) is 10.2. The summed E-state index contributed by atoms with van der Waals surface area (Å²) in [4.78, 5) is 2.29. The third-order valence-corrected chi connectivity index (χ3v) is 9.53. The molecule has 0 radical (unpaired) electrons. The second-order valence-electron chi connectivity index (χ2n) is 12.2. The van der Waals surface area contributed by atoms with Crippen molar-refractivity contribution in [3.8, 4) is 16.9 Å². The van der Waals surface area contributed by atoms with Crippen LogP contribution in [-0.2, 0) is 0 Å². The second-order valence-corrected chi connectivity index (χ2v) is 12.2. The van der Waals surface area contributed by atoms with E-state index in [1.807, 2.05) is 24.3 Å². The number of nitrogens with one attached hydrogen (secondary N) is 2. The van der Waals surface area contributed by atoms with E-state index in [1.165, 1.54) is 32.7 Å². The average molecular weight is 608 g/mol. The summed E-state index contributed by atoms with van der Waals surface area (Å²) in [5, 5.41) is 13.4. The first-order valence-electron chi connectivity index (χ1n) is 16.0. The molecular formula is C42H29N3O2. The van der Waals surface area contributed by atoms with Gasteiger partial charge in [-0.05, 0) is 81.2 Å². The molecule has 0 saturated carbocycles. The van der Waals surface area contributed by atoms with Gasteiger partial charge in [0, 0.05) is 33.5 Å². The minimum absolute atomic E-state index is 0.263. The van der Waals surface area contributed by atoms with E-state index in [0.717, 1.165) is 56.5 Å². The Labute approximate surface area is 271 Å². The highest BCUT2D eigenvalue weighted by Crippen LogP contribution is 2.42. The minimum atomic E-state index is -0.263. The summed E-state index contributed by atoms with van der Waals surface area (Å²) in [5.74, 6) is 2.65. The highest BCUT2D eigenvalue weighted by molar-refractivity contribution is 6.13. The van der Waals surface area contributed by atoms with Gasteiger partial charge in [0.25, 0.3) is 0 Å². The summed E-state index contributed by atoms with van der Waals surface area (Å²) in [6, 6.07) is 45.0. The smallest absolute Gasteiger partial charge is 0.201 e. The summed E-state index contributed by atoms with van der Waals surface area (Å²) in [7, 11) is 0. The van der Waals surface area contributed by atoms with Crippen molar-refractivity contribution in [1.82, 2.24) is 5.32 Å². The Balaban J connectivity index is 1.10. The molecule has 4 heterocycles. The molecule has 0 fully saturated rings. The fourth-order valence-electron chi connectivity index (χ4n) is 7.33. The van der Waals surface area contributed by atoms with E-state index in [-0.39, 0.29) is 6.23 Å². The maximum atomic E-state index is 6.37. The molecule has 1 aromatic heterocycles. The number of rotatable bonds is 4. The van der Waals surface area contributed by atoms with Crippen LogP contribution in [0.15, 0.2) is 155 Å². The normalized spacial score (nSPS) is 16.3. The van der Waals surface area contributed by atoms with Crippen LogP contribution in [0.25, 0.3) is 55.3 Å². The summed E-state index contributed by atoms with van der Waals surface area (Å²) >= 11 is 0. The molecular weight excluding hydrogens is 578 g/mol. The van der Waals surface area contributed by atoms with Gasteiger partial charge in [0.2, 0.25) is 5.88 Å². The predicted octanol–water partition coefficient (Wildman–Crippen LogP) is 9.93. The van der Waals surface area contributed by atoms with E-state index >= 15 is 0 Å². The van der Waals surface area contributed by atoms with Crippen molar-refractivity contribution in [2.75, 3.05) is 16.8 Å². The maximum absolute atomic E-state index is 6.37. The van der Waals surface area contributed by atoms with E-state index in [9.17, 15) is 0 Å². The summed E-state index contributed by atoms with van der Waals surface area (Å²) in [6.07, 6.45) is 6.32. The molecule has 1 unspecified atom stereocenters. The number of anilines is 2. The number of benzene rings is 6. The molecule has 47 heavy (non-hydrogen) atoms. The molecule has 224 valence electrons. The number of furan rings is 1. The third-order valence-electron chi connectivity index (χ3n) is 9.53. The standard InChI is InChI=1S/C42H29N3O2/c1-2-10-30-27(9-1)23-36(32-12-4-3-11-31(30)32)26-17-19-28(20-18-26)45(29-24-37-34-14-6-8-16-39(34)46-41(37)43-25-29)40-22-21-35-33-13-5-7-15-38(33)47-42(35)44-40/h1-24,42-44H,25H2. The average Bonchev–Trinajstić information content (AvgIpc) is 3.69. The lowest BCUT2D eigenvalue weighted by Crippen LogP contribution is -2.42. The zero-order chi connectivity index (χ0) is 30.9. The van der Waals surface area contributed by atoms with Gasteiger partial charge in [-0.15, -0.1) is 0 Å². The Bertz CT molecular complexity index is 2480. The molecule has 1 atom stereocenters. The number of hydrogen-bond acceptors (Lipinski definition) is 5. The molecule has 6 aromatic carbocycles. The van der Waals surface area contributed by atoms with Gasteiger partial charge in [-0.25, -0.2) is 0 Å². The summed E-state index contributed by atoms with van der Waals surface area (Å²) in [6.45, 7) is 0.602. The molecule has 2 N–H and O–H groups in total. The van der Waals surface area contributed by atoms with Gasteiger partial charge in [0.15, 0.2) is 6.23 Å². The molecule has 0 aliphatic carbocycles. The van der Waals surface area contributed by atoms with E-state index in [2.05, 4.69) is 137 Å². The van der Waals surface area contributed by atoms with Crippen LogP contribution in [0.1, 0.15) is 11.1 Å². The Morgan fingerprint density at radius 2 is 1.40 bits per heavy atom. The van der Waals surface area contributed by atoms with Crippen LogP contribution in [-0.4, -0.2) is 12.8 Å². The molecule has 0 spiro atoms. The van der Waals surface area contributed by atoms with Crippen LogP contribution in [0.4, 0.5) is 11.6 Å². The molecule has 5 nitrogen and oxygen atoms in total. The fraction of sp³-hybridized carbons (Fsp3) is 0.0476. The van der Waals surface area contributed by atoms with Gasteiger partial charge in [-0.3, -0.25) is 4.90 Å². The zero-order valence-corrected chi connectivity index (χ0v) is 25.4. The van der Waals surface area contributed by atoms with E-state index in [1.54, 1.807) is 0 Å². The van der Waals surface area contributed by atoms with Crippen molar-refractivity contribution in [2.24, 2.45) is 0 Å².